The minimum Gasteiger partial charge on any atom is -0.493 e. The summed E-state index contributed by atoms with van der Waals surface area (Å²) in [5.41, 5.74) is 6.71. The number of nitrogens with one attached hydrogen (secondary N) is 2. The Balaban J connectivity index is 1.98. The van der Waals surface area contributed by atoms with Gasteiger partial charge in [-0.05, 0) is 37.6 Å². The summed E-state index contributed by atoms with van der Waals surface area (Å²) in [7, 11) is 0. The van der Waals surface area contributed by atoms with Gasteiger partial charge in [-0.25, -0.2) is 0 Å². The van der Waals surface area contributed by atoms with Gasteiger partial charge in [-0.2, -0.15) is 0 Å². The number of amides is 2. The number of aryl methyl sites for hydroxylation is 1. The van der Waals surface area contributed by atoms with Crippen LogP contribution in [-0.2, 0) is 0 Å². The first kappa shape index (κ1) is 17.5. The smallest absolute Gasteiger partial charge is 0.273 e. The van der Waals surface area contributed by atoms with Crippen molar-refractivity contribution in [3.05, 3.63) is 65.2 Å². The van der Waals surface area contributed by atoms with Gasteiger partial charge in [-0.15, -0.1) is 0 Å². The van der Waals surface area contributed by atoms with Crippen LogP contribution in [0.25, 0.3) is 0 Å². The van der Waals surface area contributed by atoms with Gasteiger partial charge < -0.3 is 4.74 Å². The molecule has 2 aromatic carbocycles. The summed E-state index contributed by atoms with van der Waals surface area (Å²) in [6.45, 7) is 4.53. The molecule has 0 saturated carbocycles. The van der Waals surface area contributed by atoms with Gasteiger partial charge in [0.15, 0.2) is 0 Å². The van der Waals surface area contributed by atoms with Crippen LogP contribution in [0.2, 0.25) is 0 Å². The summed E-state index contributed by atoms with van der Waals surface area (Å²) < 4.78 is 5.63. The van der Waals surface area contributed by atoms with Crippen molar-refractivity contribution >= 4 is 11.8 Å². The normalized spacial score (nSPS) is 10.1. The Hall–Kier alpha value is -2.82. The second-order valence-electron chi connectivity index (χ2n) is 5.48. The van der Waals surface area contributed by atoms with Gasteiger partial charge >= 0.3 is 0 Å². The third kappa shape index (κ3) is 4.84. The molecule has 2 N–H and O–H groups in total. The second-order valence-corrected chi connectivity index (χ2v) is 5.48. The topological polar surface area (TPSA) is 67.4 Å². The highest BCUT2D eigenvalue weighted by atomic mass is 16.5. The zero-order valence-corrected chi connectivity index (χ0v) is 14.0. The van der Waals surface area contributed by atoms with Crippen LogP contribution in [0.4, 0.5) is 0 Å². The van der Waals surface area contributed by atoms with Crippen molar-refractivity contribution in [1.82, 2.24) is 10.9 Å². The highest BCUT2D eigenvalue weighted by Crippen LogP contribution is 2.18. The third-order valence-corrected chi connectivity index (χ3v) is 3.46. The lowest BCUT2D eigenvalue weighted by molar-refractivity contribution is 0.0844. The Bertz CT molecular complexity index is 713. The minimum absolute atomic E-state index is 0.364. The first-order valence-corrected chi connectivity index (χ1v) is 8.01. The van der Waals surface area contributed by atoms with E-state index in [2.05, 4.69) is 17.8 Å². The highest BCUT2D eigenvalue weighted by molar-refractivity contribution is 6.00. The number of ether oxygens (including phenoxy) is 1. The largest absolute Gasteiger partial charge is 0.493 e. The van der Waals surface area contributed by atoms with Crippen molar-refractivity contribution in [3.63, 3.8) is 0 Å². The lowest BCUT2D eigenvalue weighted by Crippen LogP contribution is -2.41. The molecular weight excluding hydrogens is 304 g/mol. The van der Waals surface area contributed by atoms with Gasteiger partial charge in [-0.1, -0.05) is 43.2 Å². The maximum absolute atomic E-state index is 12.3. The van der Waals surface area contributed by atoms with Crippen molar-refractivity contribution in [2.45, 2.75) is 26.7 Å². The Morgan fingerprint density at radius 1 is 1.00 bits per heavy atom. The summed E-state index contributed by atoms with van der Waals surface area (Å²) in [4.78, 5) is 24.4. The molecule has 0 aromatic heterocycles. The first-order valence-electron chi connectivity index (χ1n) is 8.01. The summed E-state index contributed by atoms with van der Waals surface area (Å²) >= 11 is 0. The Morgan fingerprint density at radius 3 is 2.50 bits per heavy atom. The van der Waals surface area contributed by atoms with Gasteiger partial charge in [0, 0.05) is 5.56 Å². The molecule has 0 aliphatic rings. The van der Waals surface area contributed by atoms with Crippen LogP contribution in [0.3, 0.4) is 0 Å². The van der Waals surface area contributed by atoms with Crippen LogP contribution in [-0.4, -0.2) is 18.4 Å². The Labute approximate surface area is 142 Å². The predicted octanol–water partition coefficient (Wildman–Crippen LogP) is 3.25. The summed E-state index contributed by atoms with van der Waals surface area (Å²) in [5.74, 6) is -0.271. The molecule has 24 heavy (non-hydrogen) atoms. The van der Waals surface area contributed by atoms with Gasteiger partial charge in [0.05, 0.1) is 12.2 Å². The number of hydrogen-bond acceptors (Lipinski definition) is 3. The SMILES string of the molecule is CCCCOc1ccccc1C(=O)NNC(=O)c1cccc(C)c1. The standard InChI is InChI=1S/C19H22N2O3/c1-3-4-12-24-17-11-6-5-10-16(17)19(23)21-20-18(22)15-9-7-8-14(2)13-15/h5-11,13H,3-4,12H2,1-2H3,(H,20,22)(H,21,23). The summed E-state index contributed by atoms with van der Waals surface area (Å²) in [5, 5.41) is 0. The Kier molecular flexibility index (Phi) is 6.37. The highest BCUT2D eigenvalue weighted by Gasteiger charge is 2.13. The number of carbonyl (C=O) groups is 2. The molecule has 126 valence electrons. The Morgan fingerprint density at radius 2 is 1.75 bits per heavy atom. The lowest BCUT2D eigenvalue weighted by atomic mass is 10.1. The van der Waals surface area contributed by atoms with Gasteiger partial charge in [-0.3, -0.25) is 20.4 Å². The maximum atomic E-state index is 12.3. The number of rotatable bonds is 6. The molecule has 2 amide bonds. The van der Waals surface area contributed by atoms with E-state index in [1.54, 1.807) is 36.4 Å². The molecule has 0 radical (unpaired) electrons. The molecule has 0 bridgehead atoms. The van der Waals surface area contributed by atoms with E-state index in [0.29, 0.717) is 23.5 Å². The monoisotopic (exact) mass is 326 g/mol. The zero-order valence-electron chi connectivity index (χ0n) is 14.0. The predicted molar refractivity (Wildman–Crippen MR) is 93.0 cm³/mol. The number of para-hydroxylation sites is 1. The van der Waals surface area contributed by atoms with Crippen molar-refractivity contribution in [1.29, 1.82) is 0 Å². The molecule has 5 heteroatoms. The molecule has 2 rings (SSSR count). The molecule has 2 aromatic rings. The number of benzene rings is 2. The maximum Gasteiger partial charge on any atom is 0.273 e. The van der Waals surface area contributed by atoms with E-state index in [1.807, 2.05) is 19.1 Å². The van der Waals surface area contributed by atoms with Crippen LogP contribution in [0.15, 0.2) is 48.5 Å². The van der Waals surface area contributed by atoms with Crippen LogP contribution in [0.5, 0.6) is 5.75 Å². The van der Waals surface area contributed by atoms with E-state index in [1.165, 1.54) is 0 Å². The average molecular weight is 326 g/mol. The minimum atomic E-state index is -0.414. The van der Waals surface area contributed by atoms with E-state index in [0.717, 1.165) is 18.4 Å². The quantitative estimate of drug-likeness (QED) is 0.632. The van der Waals surface area contributed by atoms with E-state index in [4.69, 9.17) is 4.74 Å². The number of hydrogen-bond donors (Lipinski definition) is 2. The molecule has 0 atom stereocenters. The van der Waals surface area contributed by atoms with E-state index in [-0.39, 0.29) is 5.91 Å². The van der Waals surface area contributed by atoms with E-state index < -0.39 is 5.91 Å². The van der Waals surface area contributed by atoms with Crippen LogP contribution >= 0.6 is 0 Å². The average Bonchev–Trinajstić information content (AvgIpc) is 2.60. The lowest BCUT2D eigenvalue weighted by Gasteiger charge is -2.12. The molecule has 0 saturated heterocycles. The molecule has 0 unspecified atom stereocenters. The number of hydrazine groups is 1. The molecule has 0 fully saturated rings. The van der Waals surface area contributed by atoms with Crippen molar-refractivity contribution in [2.24, 2.45) is 0 Å². The van der Waals surface area contributed by atoms with E-state index >= 15 is 0 Å². The summed E-state index contributed by atoms with van der Waals surface area (Å²) in [6, 6.07) is 14.1. The van der Waals surface area contributed by atoms with Gasteiger partial charge in [0.2, 0.25) is 0 Å². The van der Waals surface area contributed by atoms with Gasteiger partial charge in [0.1, 0.15) is 5.75 Å². The second kappa shape index (κ2) is 8.72. The fraction of sp³-hybridized carbons (Fsp3) is 0.263. The molecule has 0 aliphatic heterocycles. The molecule has 5 nitrogen and oxygen atoms in total. The van der Waals surface area contributed by atoms with E-state index in [9.17, 15) is 9.59 Å². The first-order chi connectivity index (χ1) is 11.6. The molecular formula is C19H22N2O3. The van der Waals surface area contributed by atoms with Gasteiger partial charge in [0.25, 0.3) is 11.8 Å². The number of carbonyl (C=O) groups excluding carboxylic acids is 2. The van der Waals surface area contributed by atoms with Crippen LogP contribution in [0, 0.1) is 6.92 Å². The molecule has 0 spiro atoms. The zero-order chi connectivity index (χ0) is 17.4. The van der Waals surface area contributed by atoms with Crippen molar-refractivity contribution in [2.75, 3.05) is 6.61 Å². The fourth-order valence-electron chi connectivity index (χ4n) is 2.15. The molecule has 0 heterocycles. The van der Waals surface area contributed by atoms with Crippen molar-refractivity contribution < 1.29 is 14.3 Å². The molecule has 0 aliphatic carbocycles. The van der Waals surface area contributed by atoms with Crippen LogP contribution in [0.1, 0.15) is 46.0 Å². The van der Waals surface area contributed by atoms with Crippen molar-refractivity contribution in [3.8, 4) is 5.75 Å². The fourth-order valence-corrected chi connectivity index (χ4v) is 2.15. The third-order valence-electron chi connectivity index (χ3n) is 3.46. The number of unbranched alkanes of at least 4 members (excludes halogenated alkanes) is 1. The summed E-state index contributed by atoms with van der Waals surface area (Å²) in [6.07, 6.45) is 1.93. The van der Waals surface area contributed by atoms with Crippen LogP contribution < -0.4 is 15.6 Å².